The molecule has 0 bridgehead atoms. The summed E-state index contributed by atoms with van der Waals surface area (Å²) in [4.78, 5) is 60.7. The zero-order valence-electron chi connectivity index (χ0n) is 28.5. The van der Waals surface area contributed by atoms with Gasteiger partial charge in [0.05, 0.1) is 36.1 Å². The van der Waals surface area contributed by atoms with Gasteiger partial charge < -0.3 is 29.5 Å². The number of piperazine rings is 1. The number of likely N-dealkylation sites (N-methyl/N-ethyl adjacent to an activating group) is 1. The highest BCUT2D eigenvalue weighted by molar-refractivity contribution is 6.07. The van der Waals surface area contributed by atoms with Gasteiger partial charge in [-0.15, -0.1) is 0 Å². The minimum absolute atomic E-state index is 0.202. The molecule has 0 radical (unpaired) electrons. The Hall–Kier alpha value is -5.30. The van der Waals surface area contributed by atoms with Crippen LogP contribution < -0.4 is 19.7 Å². The van der Waals surface area contributed by atoms with Gasteiger partial charge in [0.15, 0.2) is 0 Å². The minimum Gasteiger partial charge on any atom is -0.495 e. The van der Waals surface area contributed by atoms with Gasteiger partial charge in [-0.25, -0.2) is 14.3 Å². The molecule has 3 aromatic carbocycles. The molecule has 0 spiro atoms. The molecule has 258 valence electrons. The minimum atomic E-state index is -0.551. The lowest BCUT2D eigenvalue weighted by atomic mass is 10.1. The van der Waals surface area contributed by atoms with Crippen LogP contribution in [0, 0.1) is 11.8 Å². The molecule has 4 aromatic rings. The largest absolute Gasteiger partial charge is 0.495 e. The van der Waals surface area contributed by atoms with E-state index in [9.17, 15) is 19.3 Å². The summed E-state index contributed by atoms with van der Waals surface area (Å²) in [6, 6.07) is 16.9. The molecule has 1 aromatic heterocycles. The van der Waals surface area contributed by atoms with E-state index in [0.29, 0.717) is 46.7 Å². The maximum absolute atomic E-state index is 13.7. The van der Waals surface area contributed by atoms with E-state index in [1.807, 2.05) is 30.0 Å². The van der Waals surface area contributed by atoms with Crippen molar-refractivity contribution in [2.45, 2.75) is 39.2 Å². The van der Waals surface area contributed by atoms with Crippen LogP contribution in [0.25, 0.3) is 11.0 Å². The van der Waals surface area contributed by atoms with E-state index in [1.54, 1.807) is 49.5 Å². The average molecular weight is 670 g/mol. The molecule has 5 rings (SSSR count). The molecular formula is C36H43N7O6. The number of benzene rings is 3. The van der Waals surface area contributed by atoms with Gasteiger partial charge in [0, 0.05) is 45.2 Å². The van der Waals surface area contributed by atoms with Crippen LogP contribution in [-0.4, -0.2) is 91.2 Å². The zero-order valence-corrected chi connectivity index (χ0v) is 28.5. The lowest BCUT2D eigenvalue weighted by Crippen LogP contribution is -2.47. The maximum Gasteiger partial charge on any atom is 0.332 e. The van der Waals surface area contributed by atoms with Crippen molar-refractivity contribution in [3.63, 3.8) is 0 Å². The number of ether oxygens (including phenoxy) is 2. The second-order valence-electron chi connectivity index (χ2n) is 12.2. The van der Waals surface area contributed by atoms with Crippen LogP contribution in [0.1, 0.15) is 47.4 Å². The van der Waals surface area contributed by atoms with Crippen LogP contribution in [0.3, 0.4) is 0 Å². The van der Waals surface area contributed by atoms with Crippen LogP contribution in [0.5, 0.6) is 11.5 Å². The molecular weight excluding hydrogens is 626 g/mol. The van der Waals surface area contributed by atoms with Gasteiger partial charge in [-0.1, -0.05) is 23.4 Å². The van der Waals surface area contributed by atoms with Crippen molar-refractivity contribution in [2.75, 3.05) is 64.2 Å². The number of aryl methyl sites for hydroxylation is 1. The van der Waals surface area contributed by atoms with Crippen molar-refractivity contribution in [1.82, 2.24) is 19.4 Å². The maximum atomic E-state index is 13.7. The predicted octanol–water partition coefficient (Wildman–Crippen LogP) is 5.69. The number of unbranched alkanes of at least 4 members (excludes halogenated alkanes) is 2. The van der Waals surface area contributed by atoms with Crippen LogP contribution in [-0.2, 0) is 11.3 Å². The molecule has 13 heteroatoms. The molecule has 0 atom stereocenters. The Morgan fingerprint density at radius 1 is 0.959 bits per heavy atom. The second-order valence-corrected chi connectivity index (χ2v) is 12.2. The van der Waals surface area contributed by atoms with Crippen molar-refractivity contribution < 1.29 is 23.9 Å². The molecule has 1 N–H and O–H groups in total. The lowest BCUT2D eigenvalue weighted by Gasteiger charge is -2.32. The Bertz CT molecular complexity index is 1810. The monoisotopic (exact) mass is 669 g/mol. The highest BCUT2D eigenvalue weighted by Gasteiger charge is 2.22. The number of hydrogen-bond acceptors (Lipinski definition) is 9. The van der Waals surface area contributed by atoms with Crippen LogP contribution in [0.2, 0.25) is 0 Å². The number of hydrogen-bond donors (Lipinski definition) is 1. The van der Waals surface area contributed by atoms with Gasteiger partial charge in [0.1, 0.15) is 23.9 Å². The third-order valence-electron chi connectivity index (χ3n) is 8.66. The molecule has 0 aliphatic carbocycles. The first kappa shape index (κ1) is 35.0. The quantitative estimate of drug-likeness (QED) is 0.142. The van der Waals surface area contributed by atoms with E-state index in [1.165, 1.54) is 16.6 Å². The number of nitrogens with zero attached hydrogens (tertiary/aromatic N) is 6. The third-order valence-corrected chi connectivity index (χ3v) is 8.66. The Kier molecular flexibility index (Phi) is 11.6. The van der Waals surface area contributed by atoms with E-state index in [-0.39, 0.29) is 29.9 Å². The molecule has 49 heavy (non-hydrogen) atoms. The first-order valence-corrected chi connectivity index (χ1v) is 16.4. The Labute approximate surface area is 285 Å². The lowest BCUT2D eigenvalue weighted by molar-refractivity contribution is -0.132. The molecule has 0 saturated carbocycles. The molecule has 1 saturated heterocycles. The van der Waals surface area contributed by atoms with Gasteiger partial charge >= 0.3 is 6.03 Å². The number of nitroso groups, excluding NO2 is 1. The summed E-state index contributed by atoms with van der Waals surface area (Å²) in [5, 5.41) is 5.72. The molecule has 13 nitrogen and oxygen atoms in total. The number of carbonyl (C=O) groups is 3. The number of para-hydroxylation sites is 2. The Morgan fingerprint density at radius 2 is 1.73 bits per heavy atom. The standard InChI is InChI=1S/C36H43N7O6/c1-25-13-16-30(32(22-25)49-21-9-5-6-12-34(44)42-19-17-40(2)18-20-42)41(3)35(45)26-14-15-28(31(23-26)48-4)39-36(46)43-29-11-8-7-10-27(29)38-33(43)24-37-47/h7-8,10-11,13-16,22-23H,5-6,9,12,17-21,24H2,1-4H3,(H,39,46). The van der Waals surface area contributed by atoms with Crippen molar-refractivity contribution in [3.8, 4) is 11.5 Å². The summed E-state index contributed by atoms with van der Waals surface area (Å²) < 4.78 is 13.0. The van der Waals surface area contributed by atoms with Gasteiger partial charge in [0.2, 0.25) is 5.91 Å². The van der Waals surface area contributed by atoms with E-state index in [4.69, 9.17) is 9.47 Å². The van der Waals surface area contributed by atoms with Crippen molar-refractivity contribution >= 4 is 40.3 Å². The van der Waals surface area contributed by atoms with Gasteiger partial charge in [-0.05, 0) is 81.3 Å². The van der Waals surface area contributed by atoms with Gasteiger partial charge in [0.25, 0.3) is 5.91 Å². The first-order valence-electron chi connectivity index (χ1n) is 16.4. The first-order chi connectivity index (χ1) is 23.7. The smallest absolute Gasteiger partial charge is 0.332 e. The summed E-state index contributed by atoms with van der Waals surface area (Å²) in [6.45, 7) is 5.56. The average Bonchev–Trinajstić information content (AvgIpc) is 3.48. The molecule has 1 aliphatic heterocycles. The van der Waals surface area contributed by atoms with Gasteiger partial charge in [-0.2, -0.15) is 4.91 Å². The molecule has 3 amide bonds. The Balaban J connectivity index is 1.21. The number of carbonyl (C=O) groups excluding carboxylic acids is 3. The summed E-state index contributed by atoms with van der Waals surface area (Å²) >= 11 is 0. The normalized spacial score (nSPS) is 13.3. The number of amides is 3. The molecule has 1 aliphatic rings. The van der Waals surface area contributed by atoms with Crippen LogP contribution >= 0.6 is 0 Å². The highest BCUT2D eigenvalue weighted by Crippen LogP contribution is 2.32. The van der Waals surface area contributed by atoms with E-state index in [2.05, 4.69) is 27.4 Å². The Morgan fingerprint density at radius 3 is 2.49 bits per heavy atom. The van der Waals surface area contributed by atoms with Crippen LogP contribution in [0.4, 0.5) is 16.2 Å². The van der Waals surface area contributed by atoms with Crippen molar-refractivity contribution in [2.24, 2.45) is 5.18 Å². The number of fused-ring (bicyclic) bond motifs is 1. The van der Waals surface area contributed by atoms with Crippen LogP contribution in [0.15, 0.2) is 65.8 Å². The fourth-order valence-electron chi connectivity index (χ4n) is 5.83. The summed E-state index contributed by atoms with van der Waals surface area (Å²) in [5.74, 6) is 0.989. The highest BCUT2D eigenvalue weighted by atomic mass is 16.5. The summed E-state index contributed by atoms with van der Waals surface area (Å²) in [6.07, 6.45) is 3.00. The fourth-order valence-corrected chi connectivity index (χ4v) is 5.83. The number of methoxy groups -OCH3 is 1. The van der Waals surface area contributed by atoms with Crippen molar-refractivity contribution in [1.29, 1.82) is 0 Å². The second kappa shape index (κ2) is 16.2. The number of anilines is 2. The number of rotatable bonds is 13. The predicted molar refractivity (Wildman–Crippen MR) is 189 cm³/mol. The van der Waals surface area contributed by atoms with Gasteiger partial charge in [-0.3, -0.25) is 9.59 Å². The van der Waals surface area contributed by atoms with E-state index >= 15 is 0 Å². The third kappa shape index (κ3) is 8.41. The SMILES string of the molecule is COc1cc(C(=O)N(C)c2ccc(C)cc2OCCCCCC(=O)N2CCN(C)CC2)ccc1NC(=O)n1c(CN=O)nc2ccccc21. The number of aromatic nitrogens is 2. The molecule has 2 heterocycles. The topological polar surface area (TPSA) is 139 Å². The summed E-state index contributed by atoms with van der Waals surface area (Å²) in [5.41, 5.74) is 3.36. The number of nitrogens with one attached hydrogen (secondary N) is 1. The van der Waals surface area contributed by atoms with E-state index < -0.39 is 6.03 Å². The number of imidazole rings is 1. The van der Waals surface area contributed by atoms with E-state index in [0.717, 1.165) is 51.0 Å². The summed E-state index contributed by atoms with van der Waals surface area (Å²) in [7, 11) is 5.20. The molecule has 0 unspecified atom stereocenters. The zero-order chi connectivity index (χ0) is 34.9. The fraction of sp³-hybridized carbons (Fsp3) is 0.389. The van der Waals surface area contributed by atoms with Crippen molar-refractivity contribution in [3.05, 3.63) is 82.5 Å². The molecule has 1 fully saturated rings.